The molecule has 2 aromatic heterocycles. The fourth-order valence-electron chi connectivity index (χ4n) is 1.49. The van der Waals surface area contributed by atoms with E-state index in [1.54, 1.807) is 18.4 Å². The van der Waals surface area contributed by atoms with E-state index in [-0.39, 0.29) is 22.0 Å². The number of hydrogen-bond donors (Lipinski definition) is 1. The van der Waals surface area contributed by atoms with Crippen molar-refractivity contribution in [1.29, 1.82) is 0 Å². The molecule has 0 bridgehead atoms. The number of anilines is 1. The van der Waals surface area contributed by atoms with Crippen LogP contribution in [0.2, 0.25) is 0 Å². The maximum absolute atomic E-state index is 12.0. The first-order chi connectivity index (χ1) is 10.0. The van der Waals surface area contributed by atoms with Gasteiger partial charge in [-0.1, -0.05) is 11.3 Å². The van der Waals surface area contributed by atoms with Gasteiger partial charge < -0.3 is 10.1 Å². The zero-order valence-corrected chi connectivity index (χ0v) is 12.5. The lowest BCUT2D eigenvalue weighted by atomic mass is 10.3. The predicted octanol–water partition coefficient (Wildman–Crippen LogP) is 3.15. The second-order valence-electron chi connectivity index (χ2n) is 3.73. The van der Waals surface area contributed by atoms with Gasteiger partial charge in [-0.2, -0.15) is 0 Å². The minimum Gasteiger partial charge on any atom is -0.462 e. The summed E-state index contributed by atoms with van der Waals surface area (Å²) in [6, 6.07) is 4.19. The van der Waals surface area contributed by atoms with Crippen LogP contribution < -0.4 is 5.32 Å². The highest BCUT2D eigenvalue weighted by Gasteiger charge is 2.19. The minimum atomic E-state index is -0.559. The highest BCUT2D eigenvalue weighted by molar-refractivity contribution is 7.17. The summed E-state index contributed by atoms with van der Waals surface area (Å²) in [6.07, 6.45) is 0. The Morgan fingerprint density at radius 1 is 1.38 bits per heavy atom. The number of carbonyl (C=O) groups is 2. The molecule has 0 fully saturated rings. The van der Waals surface area contributed by atoms with E-state index >= 15 is 0 Å². The number of nitrogens with one attached hydrogen (secondary N) is 1. The van der Waals surface area contributed by atoms with Crippen LogP contribution in [0.25, 0.3) is 0 Å². The number of carbonyl (C=O) groups excluding carboxylic acids is 2. The minimum absolute atomic E-state index is 0.114. The Balaban J connectivity index is 2.14. The van der Waals surface area contributed by atoms with Gasteiger partial charge in [0.05, 0.1) is 22.0 Å². The second-order valence-corrected chi connectivity index (χ2v) is 5.71. The average Bonchev–Trinajstić information content (AvgIpc) is 3.07. The van der Waals surface area contributed by atoms with Crippen molar-refractivity contribution in [3.8, 4) is 0 Å². The molecule has 0 aliphatic rings. The maximum atomic E-state index is 12.0. The van der Waals surface area contributed by atoms with Crippen LogP contribution >= 0.6 is 22.7 Å². The molecule has 110 valence electrons. The van der Waals surface area contributed by atoms with Crippen molar-refractivity contribution in [3.63, 3.8) is 0 Å². The first-order valence-corrected chi connectivity index (χ1v) is 7.52. The summed E-state index contributed by atoms with van der Waals surface area (Å²) in [5, 5.41) is 15.1. The van der Waals surface area contributed by atoms with Gasteiger partial charge >= 0.3 is 11.0 Å². The first-order valence-electron chi connectivity index (χ1n) is 5.83. The monoisotopic (exact) mass is 326 g/mol. The summed E-state index contributed by atoms with van der Waals surface area (Å²) in [4.78, 5) is 33.9. The van der Waals surface area contributed by atoms with E-state index in [1.807, 2.05) is 0 Å². The molecule has 2 aromatic rings. The third-order valence-corrected chi connectivity index (χ3v) is 4.25. The van der Waals surface area contributed by atoms with Gasteiger partial charge in [0.25, 0.3) is 5.91 Å². The van der Waals surface area contributed by atoms with Gasteiger partial charge in [-0.3, -0.25) is 14.9 Å². The van der Waals surface area contributed by atoms with Crippen LogP contribution in [0.4, 0.5) is 10.0 Å². The van der Waals surface area contributed by atoms with E-state index in [1.165, 1.54) is 23.5 Å². The van der Waals surface area contributed by atoms with Crippen LogP contribution in [-0.2, 0) is 4.74 Å². The molecular formula is C12H10N2O5S2. The summed E-state index contributed by atoms with van der Waals surface area (Å²) in [5.74, 6) is -1.02. The van der Waals surface area contributed by atoms with Gasteiger partial charge in [-0.05, 0) is 24.4 Å². The lowest BCUT2D eigenvalue weighted by Crippen LogP contribution is -2.13. The van der Waals surface area contributed by atoms with Crippen molar-refractivity contribution in [3.05, 3.63) is 44.1 Å². The van der Waals surface area contributed by atoms with Crippen LogP contribution in [-0.4, -0.2) is 23.4 Å². The van der Waals surface area contributed by atoms with Crippen LogP contribution in [0.5, 0.6) is 0 Å². The standard InChI is InChI=1S/C12H10N2O5S2/c1-2-19-12(16)7-5-6-20-11(7)13-10(15)8-3-4-9(21-8)14(17)18/h3-6H,2H2,1H3,(H,13,15). The predicted molar refractivity (Wildman–Crippen MR) is 79.2 cm³/mol. The Labute approximate surface area is 127 Å². The van der Waals surface area contributed by atoms with Crippen LogP contribution in [0, 0.1) is 10.1 Å². The molecule has 2 heterocycles. The van der Waals surface area contributed by atoms with Gasteiger partial charge in [0.1, 0.15) is 5.00 Å². The van der Waals surface area contributed by atoms with E-state index in [0.717, 1.165) is 11.3 Å². The van der Waals surface area contributed by atoms with E-state index in [4.69, 9.17) is 4.74 Å². The fraction of sp³-hybridized carbons (Fsp3) is 0.167. The summed E-state index contributed by atoms with van der Waals surface area (Å²) in [7, 11) is 0. The quantitative estimate of drug-likeness (QED) is 0.517. The molecule has 2 rings (SSSR count). The number of esters is 1. The van der Waals surface area contributed by atoms with Crippen molar-refractivity contribution in [2.24, 2.45) is 0 Å². The molecule has 0 saturated heterocycles. The fourth-order valence-corrected chi connectivity index (χ4v) is 2.97. The summed E-state index contributed by atoms with van der Waals surface area (Å²) in [5.41, 5.74) is 0.265. The first kappa shape index (κ1) is 15.1. The molecule has 0 aromatic carbocycles. The number of amides is 1. The van der Waals surface area contributed by atoms with Crippen molar-refractivity contribution in [2.45, 2.75) is 6.92 Å². The molecule has 0 radical (unpaired) electrons. The molecule has 0 spiro atoms. The summed E-state index contributed by atoms with van der Waals surface area (Å²) in [6.45, 7) is 1.92. The van der Waals surface area contributed by atoms with Gasteiger partial charge in [0.15, 0.2) is 0 Å². The summed E-state index contributed by atoms with van der Waals surface area (Å²) >= 11 is 1.95. The second kappa shape index (κ2) is 6.46. The lowest BCUT2D eigenvalue weighted by molar-refractivity contribution is -0.380. The number of ether oxygens (including phenoxy) is 1. The van der Waals surface area contributed by atoms with Gasteiger partial charge in [-0.15, -0.1) is 11.3 Å². The van der Waals surface area contributed by atoms with Gasteiger partial charge in [0.2, 0.25) is 0 Å². The molecule has 21 heavy (non-hydrogen) atoms. The van der Waals surface area contributed by atoms with E-state index < -0.39 is 16.8 Å². The summed E-state index contributed by atoms with van der Waals surface area (Å²) < 4.78 is 4.88. The van der Waals surface area contributed by atoms with Crippen LogP contribution in [0.15, 0.2) is 23.6 Å². The molecule has 0 aliphatic carbocycles. The molecular weight excluding hydrogens is 316 g/mol. The largest absolute Gasteiger partial charge is 0.462 e. The smallest absolute Gasteiger partial charge is 0.341 e. The molecule has 0 aliphatic heterocycles. The Kier molecular flexibility index (Phi) is 4.66. The van der Waals surface area contributed by atoms with E-state index in [2.05, 4.69) is 5.32 Å². The maximum Gasteiger partial charge on any atom is 0.341 e. The Morgan fingerprint density at radius 2 is 2.14 bits per heavy atom. The Bertz CT molecular complexity index is 691. The number of hydrogen-bond acceptors (Lipinski definition) is 7. The SMILES string of the molecule is CCOC(=O)c1ccsc1NC(=O)c1ccc([N+](=O)[O-])s1. The van der Waals surface area contributed by atoms with E-state index in [9.17, 15) is 19.7 Å². The molecule has 1 N–H and O–H groups in total. The third kappa shape index (κ3) is 3.44. The average molecular weight is 326 g/mol. The van der Waals surface area contributed by atoms with Crippen molar-refractivity contribution >= 4 is 44.6 Å². The van der Waals surface area contributed by atoms with Crippen LogP contribution in [0.3, 0.4) is 0 Å². The zero-order valence-electron chi connectivity index (χ0n) is 10.8. The molecule has 1 amide bonds. The van der Waals surface area contributed by atoms with Crippen molar-refractivity contribution in [1.82, 2.24) is 0 Å². The Hall–Kier alpha value is -2.26. The van der Waals surface area contributed by atoms with Gasteiger partial charge in [-0.25, -0.2) is 4.79 Å². The number of nitro groups is 1. The molecule has 9 heteroatoms. The van der Waals surface area contributed by atoms with Gasteiger partial charge in [0, 0.05) is 6.07 Å². The molecule has 7 nitrogen and oxygen atoms in total. The molecule has 0 unspecified atom stereocenters. The molecule has 0 atom stereocenters. The van der Waals surface area contributed by atoms with Crippen molar-refractivity contribution in [2.75, 3.05) is 11.9 Å². The van der Waals surface area contributed by atoms with Crippen molar-refractivity contribution < 1.29 is 19.2 Å². The lowest BCUT2D eigenvalue weighted by Gasteiger charge is -2.04. The number of nitrogens with zero attached hydrogens (tertiary/aromatic N) is 1. The Morgan fingerprint density at radius 3 is 2.76 bits per heavy atom. The zero-order chi connectivity index (χ0) is 15.4. The molecule has 0 saturated carbocycles. The third-order valence-electron chi connectivity index (χ3n) is 2.38. The topological polar surface area (TPSA) is 98.5 Å². The normalized spacial score (nSPS) is 10.1. The van der Waals surface area contributed by atoms with E-state index in [0.29, 0.717) is 5.00 Å². The highest BCUT2D eigenvalue weighted by Crippen LogP contribution is 2.28. The van der Waals surface area contributed by atoms with Crippen LogP contribution in [0.1, 0.15) is 27.0 Å². The number of thiophene rings is 2. The number of rotatable bonds is 5. The highest BCUT2D eigenvalue weighted by atomic mass is 32.1.